The minimum atomic E-state index is 0.490. The maximum absolute atomic E-state index is 3.52. The fourth-order valence-electron chi connectivity index (χ4n) is 1.55. The van der Waals surface area contributed by atoms with E-state index in [9.17, 15) is 0 Å². The maximum atomic E-state index is 3.52. The fourth-order valence-corrected chi connectivity index (χ4v) is 1.55. The second kappa shape index (κ2) is 6.57. The molecule has 0 aliphatic rings. The third kappa shape index (κ3) is 3.48. The number of hydrogen-bond acceptors (Lipinski definition) is 2. The van der Waals surface area contributed by atoms with Crippen molar-refractivity contribution in [3.8, 4) is 0 Å². The molecule has 1 aromatic carbocycles. The van der Waals surface area contributed by atoms with Crippen LogP contribution in [0, 0.1) is 0 Å². The van der Waals surface area contributed by atoms with E-state index in [0.29, 0.717) is 6.04 Å². The van der Waals surface area contributed by atoms with Crippen LogP contribution in [-0.4, -0.2) is 20.1 Å². The Hall–Kier alpha value is -0.860. The molecule has 1 unspecified atom stereocenters. The molecule has 1 aromatic rings. The van der Waals surface area contributed by atoms with Crippen LogP contribution in [0.4, 0.5) is 0 Å². The van der Waals surface area contributed by atoms with E-state index in [2.05, 4.69) is 47.9 Å². The first-order chi connectivity index (χ1) is 6.88. The molecular formula is C12H20N2. The molecule has 0 aliphatic carbocycles. The molecule has 2 N–H and O–H groups in total. The first-order valence-electron chi connectivity index (χ1n) is 5.31. The highest BCUT2D eigenvalue weighted by molar-refractivity contribution is 5.18. The SMILES string of the molecule is CCC(NCCNC)c1ccccc1. The van der Waals surface area contributed by atoms with Gasteiger partial charge >= 0.3 is 0 Å². The van der Waals surface area contributed by atoms with E-state index in [1.54, 1.807) is 0 Å². The summed E-state index contributed by atoms with van der Waals surface area (Å²) in [5.41, 5.74) is 1.38. The summed E-state index contributed by atoms with van der Waals surface area (Å²) in [6, 6.07) is 11.1. The van der Waals surface area contributed by atoms with Crippen LogP contribution in [0.2, 0.25) is 0 Å². The molecule has 0 fully saturated rings. The van der Waals surface area contributed by atoms with Crippen LogP contribution in [-0.2, 0) is 0 Å². The van der Waals surface area contributed by atoms with Gasteiger partial charge in [0.05, 0.1) is 0 Å². The van der Waals surface area contributed by atoms with Gasteiger partial charge in [0.1, 0.15) is 0 Å². The minimum Gasteiger partial charge on any atom is -0.318 e. The summed E-state index contributed by atoms with van der Waals surface area (Å²) in [4.78, 5) is 0. The lowest BCUT2D eigenvalue weighted by Gasteiger charge is -2.17. The third-order valence-corrected chi connectivity index (χ3v) is 2.38. The van der Waals surface area contributed by atoms with Gasteiger partial charge in [0.2, 0.25) is 0 Å². The number of rotatable bonds is 6. The predicted molar refractivity (Wildman–Crippen MR) is 61.4 cm³/mol. The van der Waals surface area contributed by atoms with Crippen molar-refractivity contribution in [1.29, 1.82) is 0 Å². The lowest BCUT2D eigenvalue weighted by atomic mass is 10.1. The van der Waals surface area contributed by atoms with E-state index in [1.165, 1.54) is 5.56 Å². The Labute approximate surface area is 86.7 Å². The molecule has 0 saturated heterocycles. The van der Waals surface area contributed by atoms with Gasteiger partial charge in [-0.1, -0.05) is 37.3 Å². The molecule has 14 heavy (non-hydrogen) atoms. The van der Waals surface area contributed by atoms with Crippen molar-refractivity contribution >= 4 is 0 Å². The van der Waals surface area contributed by atoms with Gasteiger partial charge < -0.3 is 10.6 Å². The van der Waals surface area contributed by atoms with E-state index >= 15 is 0 Å². The van der Waals surface area contributed by atoms with Gasteiger partial charge in [0, 0.05) is 19.1 Å². The zero-order valence-corrected chi connectivity index (χ0v) is 9.09. The molecule has 0 aromatic heterocycles. The van der Waals surface area contributed by atoms with E-state index in [0.717, 1.165) is 19.5 Å². The van der Waals surface area contributed by atoms with Crippen molar-refractivity contribution < 1.29 is 0 Å². The van der Waals surface area contributed by atoms with Gasteiger partial charge in [-0.15, -0.1) is 0 Å². The van der Waals surface area contributed by atoms with E-state index < -0.39 is 0 Å². The third-order valence-electron chi connectivity index (χ3n) is 2.38. The average molecular weight is 192 g/mol. The molecule has 0 radical (unpaired) electrons. The molecule has 2 nitrogen and oxygen atoms in total. The molecule has 78 valence electrons. The highest BCUT2D eigenvalue weighted by Gasteiger charge is 2.06. The Morgan fingerprint density at radius 3 is 2.43 bits per heavy atom. The van der Waals surface area contributed by atoms with E-state index in [4.69, 9.17) is 0 Å². The molecule has 0 bridgehead atoms. The van der Waals surface area contributed by atoms with Crippen LogP contribution in [0.1, 0.15) is 24.9 Å². The van der Waals surface area contributed by atoms with Crippen molar-refractivity contribution in [3.63, 3.8) is 0 Å². The Morgan fingerprint density at radius 1 is 1.14 bits per heavy atom. The molecule has 0 heterocycles. The first-order valence-corrected chi connectivity index (χ1v) is 5.31. The van der Waals surface area contributed by atoms with Gasteiger partial charge in [-0.05, 0) is 19.0 Å². The largest absolute Gasteiger partial charge is 0.318 e. The molecule has 2 heteroatoms. The van der Waals surface area contributed by atoms with E-state index in [1.807, 2.05) is 7.05 Å². The molecule has 0 aliphatic heterocycles. The summed E-state index contributed by atoms with van der Waals surface area (Å²) in [5.74, 6) is 0. The maximum Gasteiger partial charge on any atom is 0.0318 e. The molecule has 1 rings (SSSR count). The molecule has 0 amide bonds. The monoisotopic (exact) mass is 192 g/mol. The van der Waals surface area contributed by atoms with Crippen LogP contribution >= 0.6 is 0 Å². The second-order valence-electron chi connectivity index (χ2n) is 3.43. The second-order valence-corrected chi connectivity index (χ2v) is 3.43. The first kappa shape index (κ1) is 11.2. The smallest absolute Gasteiger partial charge is 0.0318 e. The number of hydrogen-bond donors (Lipinski definition) is 2. The summed E-state index contributed by atoms with van der Waals surface area (Å²) in [5, 5.41) is 6.66. The van der Waals surface area contributed by atoms with Crippen molar-refractivity contribution in [1.82, 2.24) is 10.6 Å². The summed E-state index contributed by atoms with van der Waals surface area (Å²) in [7, 11) is 1.98. The number of likely N-dealkylation sites (N-methyl/N-ethyl adjacent to an activating group) is 1. The van der Waals surface area contributed by atoms with Gasteiger partial charge in [-0.25, -0.2) is 0 Å². The number of benzene rings is 1. The van der Waals surface area contributed by atoms with Gasteiger partial charge in [-0.3, -0.25) is 0 Å². The summed E-state index contributed by atoms with van der Waals surface area (Å²) < 4.78 is 0. The van der Waals surface area contributed by atoms with Crippen molar-refractivity contribution in [2.75, 3.05) is 20.1 Å². The van der Waals surface area contributed by atoms with Crippen LogP contribution in [0.25, 0.3) is 0 Å². The normalized spacial score (nSPS) is 12.7. The Balaban J connectivity index is 2.46. The summed E-state index contributed by atoms with van der Waals surface area (Å²) >= 11 is 0. The predicted octanol–water partition coefficient (Wildman–Crippen LogP) is 1.95. The Bertz CT molecular complexity index is 233. The summed E-state index contributed by atoms with van der Waals surface area (Å²) in [6.07, 6.45) is 1.13. The lowest BCUT2D eigenvalue weighted by molar-refractivity contribution is 0.514. The molecule has 1 atom stereocenters. The highest BCUT2D eigenvalue weighted by Crippen LogP contribution is 2.14. The number of nitrogens with one attached hydrogen (secondary N) is 2. The van der Waals surface area contributed by atoms with Crippen molar-refractivity contribution in [2.24, 2.45) is 0 Å². The Kier molecular flexibility index (Phi) is 5.27. The average Bonchev–Trinajstić information content (AvgIpc) is 2.26. The van der Waals surface area contributed by atoms with Crippen LogP contribution < -0.4 is 10.6 Å². The zero-order chi connectivity index (χ0) is 10.2. The Morgan fingerprint density at radius 2 is 1.86 bits per heavy atom. The lowest BCUT2D eigenvalue weighted by Crippen LogP contribution is -2.28. The van der Waals surface area contributed by atoms with Crippen LogP contribution in [0.15, 0.2) is 30.3 Å². The van der Waals surface area contributed by atoms with Gasteiger partial charge in [-0.2, -0.15) is 0 Å². The minimum absolute atomic E-state index is 0.490. The highest BCUT2D eigenvalue weighted by atomic mass is 14.9. The molecule has 0 spiro atoms. The van der Waals surface area contributed by atoms with Crippen LogP contribution in [0.5, 0.6) is 0 Å². The van der Waals surface area contributed by atoms with Crippen molar-refractivity contribution in [3.05, 3.63) is 35.9 Å². The summed E-state index contributed by atoms with van der Waals surface area (Å²) in [6.45, 7) is 4.25. The van der Waals surface area contributed by atoms with Crippen LogP contribution in [0.3, 0.4) is 0 Å². The molecule has 0 saturated carbocycles. The zero-order valence-electron chi connectivity index (χ0n) is 9.09. The van der Waals surface area contributed by atoms with Gasteiger partial charge in [0.15, 0.2) is 0 Å². The fraction of sp³-hybridized carbons (Fsp3) is 0.500. The quantitative estimate of drug-likeness (QED) is 0.673. The standard InChI is InChI=1S/C12H20N2/c1-3-12(14-10-9-13-2)11-7-5-4-6-8-11/h4-8,12-14H,3,9-10H2,1-2H3. The van der Waals surface area contributed by atoms with Crippen molar-refractivity contribution in [2.45, 2.75) is 19.4 Å². The topological polar surface area (TPSA) is 24.1 Å². The van der Waals surface area contributed by atoms with E-state index in [-0.39, 0.29) is 0 Å². The molecular weight excluding hydrogens is 172 g/mol. The van der Waals surface area contributed by atoms with Gasteiger partial charge in [0.25, 0.3) is 0 Å².